The second-order valence-electron chi connectivity index (χ2n) is 4.19. The van der Waals surface area contributed by atoms with Gasteiger partial charge in [-0.05, 0) is 30.7 Å². The summed E-state index contributed by atoms with van der Waals surface area (Å²) < 4.78 is 0. The lowest BCUT2D eigenvalue weighted by Crippen LogP contribution is -1.98. The molecule has 3 aromatic rings. The molecular weight excluding hydrogens is 252 g/mol. The number of nitrogens with one attached hydrogen (secondary N) is 1. The largest absolute Gasteiger partial charge is 0.477 e. The van der Waals surface area contributed by atoms with E-state index in [0.29, 0.717) is 5.02 Å². The summed E-state index contributed by atoms with van der Waals surface area (Å²) in [5, 5.41) is 11.3. The molecule has 0 saturated heterocycles. The fourth-order valence-corrected chi connectivity index (χ4v) is 2.42. The molecule has 0 atom stereocenters. The zero-order valence-corrected chi connectivity index (χ0v) is 10.2. The summed E-state index contributed by atoms with van der Waals surface area (Å²) in [4.78, 5) is 18.1. The number of nitrogens with zero attached hydrogens (tertiary/aromatic N) is 1. The van der Waals surface area contributed by atoms with Crippen LogP contribution in [0.2, 0.25) is 5.02 Å². The van der Waals surface area contributed by atoms with Crippen molar-refractivity contribution in [3.05, 3.63) is 40.7 Å². The van der Waals surface area contributed by atoms with Crippen LogP contribution in [-0.4, -0.2) is 21.0 Å². The highest BCUT2D eigenvalue weighted by atomic mass is 35.5. The molecule has 2 N–H and O–H groups in total. The van der Waals surface area contributed by atoms with Gasteiger partial charge < -0.3 is 10.1 Å². The van der Waals surface area contributed by atoms with Gasteiger partial charge in [-0.1, -0.05) is 11.6 Å². The molecule has 18 heavy (non-hydrogen) atoms. The van der Waals surface area contributed by atoms with Crippen molar-refractivity contribution in [1.29, 1.82) is 0 Å². The number of fused-ring (bicyclic) bond motifs is 3. The number of pyridine rings is 1. The van der Waals surface area contributed by atoms with Gasteiger partial charge in [-0.2, -0.15) is 0 Å². The molecule has 0 saturated carbocycles. The quantitative estimate of drug-likeness (QED) is 0.705. The Morgan fingerprint density at radius 3 is 2.83 bits per heavy atom. The number of carbonyl (C=O) groups is 1. The van der Waals surface area contributed by atoms with E-state index in [2.05, 4.69) is 9.97 Å². The van der Waals surface area contributed by atoms with Crippen LogP contribution in [0, 0.1) is 6.92 Å². The van der Waals surface area contributed by atoms with Crippen LogP contribution < -0.4 is 0 Å². The maximum absolute atomic E-state index is 10.9. The molecule has 2 aromatic heterocycles. The molecule has 0 amide bonds. The number of aromatic carboxylic acids is 1. The normalized spacial score (nSPS) is 11.2. The second-order valence-corrected chi connectivity index (χ2v) is 4.63. The number of aromatic amines is 1. The first kappa shape index (κ1) is 11.0. The summed E-state index contributed by atoms with van der Waals surface area (Å²) in [6, 6.07) is 5.26. The lowest BCUT2D eigenvalue weighted by molar-refractivity contribution is 0.0691. The molecule has 0 fully saturated rings. The zero-order chi connectivity index (χ0) is 12.9. The molecule has 0 aliphatic heterocycles. The highest BCUT2D eigenvalue weighted by Gasteiger charge is 2.11. The smallest absolute Gasteiger partial charge is 0.354 e. The minimum Gasteiger partial charge on any atom is -0.477 e. The maximum Gasteiger partial charge on any atom is 0.354 e. The van der Waals surface area contributed by atoms with Gasteiger partial charge in [0.15, 0.2) is 0 Å². The summed E-state index contributed by atoms with van der Waals surface area (Å²) in [6.07, 6.45) is 1.53. The predicted octanol–water partition coefficient (Wildman–Crippen LogP) is 3.38. The Kier molecular flexibility index (Phi) is 2.28. The highest BCUT2D eigenvalue weighted by Crippen LogP contribution is 2.30. The molecule has 4 nitrogen and oxygen atoms in total. The third kappa shape index (κ3) is 1.54. The summed E-state index contributed by atoms with van der Waals surface area (Å²) in [5.74, 6) is -1.04. The van der Waals surface area contributed by atoms with Crippen molar-refractivity contribution in [2.24, 2.45) is 0 Å². The van der Waals surface area contributed by atoms with Crippen LogP contribution >= 0.6 is 11.6 Å². The fourth-order valence-electron chi connectivity index (χ4n) is 2.15. The summed E-state index contributed by atoms with van der Waals surface area (Å²) >= 11 is 6.04. The first-order valence-corrected chi connectivity index (χ1v) is 5.75. The van der Waals surface area contributed by atoms with Crippen molar-refractivity contribution >= 4 is 39.4 Å². The standard InChI is InChI=1S/C13H9ClN2O2/c1-6-2-7(14)3-9-8-4-10(13(17)18)15-5-11(8)16-12(6)9/h2-5,16H,1H3,(H,17,18). The van der Waals surface area contributed by atoms with Gasteiger partial charge in [0, 0.05) is 21.3 Å². The topological polar surface area (TPSA) is 66.0 Å². The lowest BCUT2D eigenvalue weighted by Gasteiger charge is -1.97. The monoisotopic (exact) mass is 260 g/mol. The third-order valence-electron chi connectivity index (χ3n) is 2.97. The summed E-state index contributed by atoms with van der Waals surface area (Å²) in [5.41, 5.74) is 2.81. The van der Waals surface area contributed by atoms with Gasteiger partial charge >= 0.3 is 5.97 Å². The van der Waals surface area contributed by atoms with E-state index in [4.69, 9.17) is 16.7 Å². The Bertz CT molecular complexity index is 792. The van der Waals surface area contributed by atoms with E-state index >= 15 is 0 Å². The van der Waals surface area contributed by atoms with Crippen LogP contribution in [0.1, 0.15) is 16.1 Å². The zero-order valence-electron chi connectivity index (χ0n) is 9.49. The van der Waals surface area contributed by atoms with Crippen LogP contribution in [-0.2, 0) is 0 Å². The van der Waals surface area contributed by atoms with Crippen molar-refractivity contribution in [1.82, 2.24) is 9.97 Å². The number of H-pyrrole nitrogens is 1. The molecule has 90 valence electrons. The first-order chi connectivity index (χ1) is 8.56. The number of carboxylic acid groups (broad SMARTS) is 1. The van der Waals surface area contributed by atoms with E-state index < -0.39 is 5.97 Å². The molecule has 1 aromatic carbocycles. The molecule has 3 rings (SSSR count). The third-order valence-corrected chi connectivity index (χ3v) is 3.19. The number of hydrogen-bond donors (Lipinski definition) is 2. The van der Waals surface area contributed by atoms with Gasteiger partial charge in [0.2, 0.25) is 0 Å². The van der Waals surface area contributed by atoms with Crippen molar-refractivity contribution in [3.8, 4) is 0 Å². The van der Waals surface area contributed by atoms with Crippen LogP contribution in [0.15, 0.2) is 24.4 Å². The van der Waals surface area contributed by atoms with E-state index in [-0.39, 0.29) is 5.69 Å². The fraction of sp³-hybridized carbons (Fsp3) is 0.0769. The molecule has 0 aliphatic rings. The second kappa shape index (κ2) is 3.71. The molecule has 2 heterocycles. The molecular formula is C13H9ClN2O2. The van der Waals surface area contributed by atoms with Gasteiger partial charge in [-0.25, -0.2) is 9.78 Å². The average molecular weight is 261 g/mol. The van der Waals surface area contributed by atoms with E-state index in [0.717, 1.165) is 27.4 Å². The van der Waals surface area contributed by atoms with Gasteiger partial charge in [0.25, 0.3) is 0 Å². The predicted molar refractivity (Wildman–Crippen MR) is 70.3 cm³/mol. The highest BCUT2D eigenvalue weighted by molar-refractivity contribution is 6.32. The van der Waals surface area contributed by atoms with E-state index in [9.17, 15) is 4.79 Å². The van der Waals surface area contributed by atoms with E-state index in [1.165, 1.54) is 6.20 Å². The molecule has 0 bridgehead atoms. The van der Waals surface area contributed by atoms with Crippen molar-refractivity contribution < 1.29 is 9.90 Å². The maximum atomic E-state index is 10.9. The Morgan fingerprint density at radius 1 is 1.33 bits per heavy atom. The molecule has 0 radical (unpaired) electrons. The van der Waals surface area contributed by atoms with Gasteiger partial charge in [-0.15, -0.1) is 0 Å². The number of aryl methyl sites for hydroxylation is 1. The van der Waals surface area contributed by atoms with E-state index in [1.807, 2.05) is 19.1 Å². The number of hydrogen-bond acceptors (Lipinski definition) is 2. The molecule has 0 unspecified atom stereocenters. The summed E-state index contributed by atoms with van der Waals surface area (Å²) in [7, 11) is 0. The molecule has 0 aliphatic carbocycles. The summed E-state index contributed by atoms with van der Waals surface area (Å²) in [6.45, 7) is 1.95. The van der Waals surface area contributed by atoms with Crippen LogP contribution in [0.3, 0.4) is 0 Å². The number of halogens is 1. The van der Waals surface area contributed by atoms with Gasteiger partial charge in [0.1, 0.15) is 5.69 Å². The van der Waals surface area contributed by atoms with Crippen molar-refractivity contribution in [2.75, 3.05) is 0 Å². The number of carboxylic acids is 1. The van der Waals surface area contributed by atoms with E-state index in [1.54, 1.807) is 6.07 Å². The SMILES string of the molecule is Cc1cc(Cl)cc2c1[nH]c1cnc(C(=O)O)cc12. The van der Waals surface area contributed by atoms with Crippen molar-refractivity contribution in [3.63, 3.8) is 0 Å². The number of aromatic nitrogens is 2. The molecule has 0 spiro atoms. The Balaban J connectivity index is 2.47. The lowest BCUT2D eigenvalue weighted by atomic mass is 10.1. The first-order valence-electron chi connectivity index (χ1n) is 5.37. The Morgan fingerprint density at radius 2 is 2.11 bits per heavy atom. The van der Waals surface area contributed by atoms with Gasteiger partial charge in [0.05, 0.1) is 11.7 Å². The van der Waals surface area contributed by atoms with Crippen molar-refractivity contribution in [2.45, 2.75) is 6.92 Å². The van der Waals surface area contributed by atoms with Crippen LogP contribution in [0.4, 0.5) is 0 Å². The van der Waals surface area contributed by atoms with Gasteiger partial charge in [-0.3, -0.25) is 0 Å². The minimum absolute atomic E-state index is 0.0287. The van der Waals surface area contributed by atoms with Crippen LogP contribution in [0.5, 0.6) is 0 Å². The Labute approximate surface area is 107 Å². The van der Waals surface area contributed by atoms with Crippen LogP contribution in [0.25, 0.3) is 21.8 Å². The average Bonchev–Trinajstić information content (AvgIpc) is 2.67. The molecule has 5 heteroatoms. The number of rotatable bonds is 1. The number of benzene rings is 1. The minimum atomic E-state index is -1.04. The Hall–Kier alpha value is -2.07.